The lowest BCUT2D eigenvalue weighted by Crippen LogP contribution is -2.31. The van der Waals surface area contributed by atoms with Crippen LogP contribution in [0.4, 0.5) is 0 Å². The number of aryl methyl sites for hydroxylation is 1. The number of hydrogen-bond acceptors (Lipinski definition) is 4. The van der Waals surface area contributed by atoms with E-state index in [-0.39, 0.29) is 0 Å². The summed E-state index contributed by atoms with van der Waals surface area (Å²) in [6, 6.07) is 6.55. The number of nitrogens with one attached hydrogen (secondary N) is 1. The van der Waals surface area contributed by atoms with Crippen LogP contribution < -0.4 is 5.32 Å². The summed E-state index contributed by atoms with van der Waals surface area (Å²) in [5.41, 5.74) is 0.522. The van der Waals surface area contributed by atoms with Gasteiger partial charge in [0.15, 0.2) is 11.3 Å². The Balaban J connectivity index is 1.76. The Morgan fingerprint density at radius 3 is 2.81 bits per heavy atom. The largest absolute Gasteiger partial charge is 0.378 e. The van der Waals surface area contributed by atoms with Gasteiger partial charge in [-0.2, -0.15) is 0 Å². The van der Waals surface area contributed by atoms with Gasteiger partial charge in [0, 0.05) is 36.8 Å². The molecular formula is C14H16ClN3O2S. The maximum Gasteiger partial charge on any atom is 0.253 e. The van der Waals surface area contributed by atoms with Crippen LogP contribution in [0.1, 0.15) is 11.7 Å². The fourth-order valence-corrected chi connectivity index (χ4v) is 2.61. The van der Waals surface area contributed by atoms with Crippen molar-refractivity contribution in [2.24, 2.45) is 7.05 Å². The third-order valence-electron chi connectivity index (χ3n) is 2.84. The molecule has 0 aliphatic rings. The van der Waals surface area contributed by atoms with Crippen molar-refractivity contribution in [2.75, 3.05) is 12.3 Å². The summed E-state index contributed by atoms with van der Waals surface area (Å²) in [4.78, 5) is 16.0. The van der Waals surface area contributed by atoms with Crippen molar-refractivity contribution in [1.29, 1.82) is 0 Å². The van der Waals surface area contributed by atoms with Gasteiger partial charge in [0.2, 0.25) is 0 Å². The molecule has 1 heterocycles. The quantitative estimate of drug-likeness (QED) is 0.630. The number of aliphatic hydroxyl groups excluding tert-OH is 1. The molecule has 5 nitrogen and oxygen atoms in total. The maximum atomic E-state index is 11.8. The number of halogens is 1. The Hall–Kier alpha value is -1.50. The number of aromatic nitrogens is 2. The van der Waals surface area contributed by atoms with Crippen LogP contribution in [0.25, 0.3) is 0 Å². The van der Waals surface area contributed by atoms with Crippen molar-refractivity contribution in [2.45, 2.75) is 11.3 Å². The Labute approximate surface area is 132 Å². The average Bonchev–Trinajstić information content (AvgIpc) is 2.89. The van der Waals surface area contributed by atoms with Gasteiger partial charge >= 0.3 is 0 Å². The van der Waals surface area contributed by atoms with Crippen molar-refractivity contribution in [1.82, 2.24) is 14.9 Å². The summed E-state index contributed by atoms with van der Waals surface area (Å²) >= 11 is 7.31. The molecule has 0 saturated carbocycles. The number of imidazole rings is 1. The minimum atomic E-state index is -1.18. The van der Waals surface area contributed by atoms with E-state index in [0.29, 0.717) is 22.9 Å². The SMILES string of the molecule is Cn1ccnc1SCCNC(=O)C(O)c1ccc(Cl)cc1. The Kier molecular flexibility index (Phi) is 5.67. The van der Waals surface area contributed by atoms with Crippen LogP contribution in [0, 0.1) is 0 Å². The molecule has 2 N–H and O–H groups in total. The molecule has 112 valence electrons. The molecule has 21 heavy (non-hydrogen) atoms. The molecule has 1 aromatic carbocycles. The second-order valence-electron chi connectivity index (χ2n) is 4.41. The predicted octanol–water partition coefficient (Wildman–Crippen LogP) is 2.02. The molecule has 2 rings (SSSR count). The Morgan fingerprint density at radius 1 is 1.48 bits per heavy atom. The van der Waals surface area contributed by atoms with Crippen LogP contribution in [-0.4, -0.2) is 32.9 Å². The van der Waals surface area contributed by atoms with Gasteiger partial charge in [-0.3, -0.25) is 4.79 Å². The zero-order valence-corrected chi connectivity index (χ0v) is 13.1. The van der Waals surface area contributed by atoms with E-state index in [9.17, 15) is 9.90 Å². The van der Waals surface area contributed by atoms with Gasteiger partial charge < -0.3 is 15.0 Å². The number of amides is 1. The highest BCUT2D eigenvalue weighted by atomic mass is 35.5. The van der Waals surface area contributed by atoms with Gasteiger partial charge in [-0.1, -0.05) is 35.5 Å². The van der Waals surface area contributed by atoms with Gasteiger partial charge in [-0.15, -0.1) is 0 Å². The molecule has 0 aliphatic carbocycles. The molecule has 0 aliphatic heterocycles. The second kappa shape index (κ2) is 7.49. The van der Waals surface area contributed by atoms with Crippen LogP contribution >= 0.6 is 23.4 Å². The number of thioether (sulfide) groups is 1. The normalized spacial score (nSPS) is 12.1. The van der Waals surface area contributed by atoms with Gasteiger partial charge in [0.25, 0.3) is 5.91 Å². The number of carbonyl (C=O) groups excluding carboxylic acids is 1. The van der Waals surface area contributed by atoms with E-state index in [1.165, 1.54) is 0 Å². The molecule has 0 radical (unpaired) electrons. The first-order chi connectivity index (χ1) is 10.1. The lowest BCUT2D eigenvalue weighted by Gasteiger charge is -2.11. The molecule has 0 spiro atoms. The zero-order chi connectivity index (χ0) is 15.2. The van der Waals surface area contributed by atoms with Gasteiger partial charge in [0.05, 0.1) is 0 Å². The maximum absolute atomic E-state index is 11.8. The smallest absolute Gasteiger partial charge is 0.253 e. The first-order valence-electron chi connectivity index (χ1n) is 6.39. The number of carbonyl (C=O) groups is 1. The topological polar surface area (TPSA) is 67.2 Å². The number of rotatable bonds is 6. The van der Waals surface area contributed by atoms with Crippen molar-refractivity contribution < 1.29 is 9.90 Å². The summed E-state index contributed by atoms with van der Waals surface area (Å²) in [6.07, 6.45) is 2.41. The average molecular weight is 326 g/mol. The molecule has 0 saturated heterocycles. The highest BCUT2D eigenvalue weighted by Crippen LogP contribution is 2.17. The molecule has 1 atom stereocenters. The molecular weight excluding hydrogens is 310 g/mol. The van der Waals surface area contributed by atoms with Crippen LogP contribution in [0.15, 0.2) is 41.8 Å². The first kappa shape index (κ1) is 15.9. The molecule has 1 aromatic heterocycles. The summed E-state index contributed by atoms with van der Waals surface area (Å²) in [7, 11) is 1.91. The highest BCUT2D eigenvalue weighted by molar-refractivity contribution is 7.99. The summed E-state index contributed by atoms with van der Waals surface area (Å²) in [5, 5.41) is 14.1. The number of benzene rings is 1. The Bertz CT molecular complexity index is 601. The van der Waals surface area contributed by atoms with Gasteiger partial charge in [0.1, 0.15) is 0 Å². The molecule has 2 aromatic rings. The van der Waals surface area contributed by atoms with E-state index in [1.807, 2.05) is 17.8 Å². The molecule has 0 fully saturated rings. The first-order valence-corrected chi connectivity index (χ1v) is 7.75. The van der Waals surface area contributed by atoms with Crippen LogP contribution in [0.2, 0.25) is 5.02 Å². The highest BCUT2D eigenvalue weighted by Gasteiger charge is 2.16. The van der Waals surface area contributed by atoms with E-state index in [0.717, 1.165) is 5.16 Å². The van der Waals surface area contributed by atoms with Gasteiger partial charge in [-0.25, -0.2) is 4.98 Å². The van der Waals surface area contributed by atoms with Crippen LogP contribution in [-0.2, 0) is 11.8 Å². The standard InChI is InChI=1S/C14H16ClN3O2S/c1-18-8-6-17-14(18)21-9-7-16-13(20)12(19)10-2-4-11(15)5-3-10/h2-6,8,12,19H,7,9H2,1H3,(H,16,20). The molecule has 1 amide bonds. The van der Waals surface area contributed by atoms with Crippen molar-refractivity contribution in [3.63, 3.8) is 0 Å². The minimum Gasteiger partial charge on any atom is -0.378 e. The van der Waals surface area contributed by atoms with E-state index in [4.69, 9.17) is 11.6 Å². The zero-order valence-electron chi connectivity index (χ0n) is 11.5. The summed E-state index contributed by atoms with van der Waals surface area (Å²) in [6.45, 7) is 0.459. The summed E-state index contributed by atoms with van der Waals surface area (Å²) < 4.78 is 1.91. The summed E-state index contributed by atoms with van der Waals surface area (Å²) in [5.74, 6) is 0.266. The molecule has 1 unspecified atom stereocenters. The monoisotopic (exact) mass is 325 g/mol. The van der Waals surface area contributed by atoms with Crippen molar-refractivity contribution in [3.8, 4) is 0 Å². The van der Waals surface area contributed by atoms with E-state index in [2.05, 4.69) is 10.3 Å². The fraction of sp³-hybridized carbons (Fsp3) is 0.286. The molecule has 0 bridgehead atoms. The van der Waals surface area contributed by atoms with E-state index in [1.54, 1.807) is 42.2 Å². The van der Waals surface area contributed by atoms with Crippen LogP contribution in [0.3, 0.4) is 0 Å². The van der Waals surface area contributed by atoms with Crippen molar-refractivity contribution in [3.05, 3.63) is 47.2 Å². The molecule has 7 heteroatoms. The third kappa shape index (κ3) is 4.49. The fourth-order valence-electron chi connectivity index (χ4n) is 1.70. The third-order valence-corrected chi connectivity index (χ3v) is 4.16. The van der Waals surface area contributed by atoms with Crippen LogP contribution in [0.5, 0.6) is 0 Å². The number of aliphatic hydroxyl groups is 1. The van der Waals surface area contributed by atoms with E-state index >= 15 is 0 Å². The number of hydrogen-bond donors (Lipinski definition) is 2. The predicted molar refractivity (Wildman–Crippen MR) is 83.4 cm³/mol. The van der Waals surface area contributed by atoms with E-state index < -0.39 is 12.0 Å². The van der Waals surface area contributed by atoms with Crippen molar-refractivity contribution >= 4 is 29.3 Å². The van der Waals surface area contributed by atoms with Gasteiger partial charge in [-0.05, 0) is 17.7 Å². The lowest BCUT2D eigenvalue weighted by atomic mass is 10.1. The lowest BCUT2D eigenvalue weighted by molar-refractivity contribution is -0.129. The number of nitrogens with zero attached hydrogens (tertiary/aromatic N) is 2. The Morgan fingerprint density at radius 2 is 2.19 bits per heavy atom. The minimum absolute atomic E-state index is 0.419. The second-order valence-corrected chi connectivity index (χ2v) is 5.91.